The number of esters is 1. The molecule has 3 fully saturated rings. The van der Waals surface area contributed by atoms with Gasteiger partial charge in [0.25, 0.3) is 0 Å². The molecule has 1 unspecified atom stereocenters. The van der Waals surface area contributed by atoms with Gasteiger partial charge in [-0.25, -0.2) is 0 Å². The third-order valence-corrected chi connectivity index (χ3v) is 12.3. The van der Waals surface area contributed by atoms with E-state index in [2.05, 4.69) is 39.8 Å². The van der Waals surface area contributed by atoms with E-state index in [-0.39, 0.29) is 53.4 Å². The van der Waals surface area contributed by atoms with Crippen LogP contribution in [0.25, 0.3) is 0 Å². The van der Waals surface area contributed by atoms with Crippen molar-refractivity contribution in [2.75, 3.05) is 6.61 Å². The Labute approximate surface area is 242 Å². The molecule has 2 spiro atoms. The van der Waals surface area contributed by atoms with Crippen LogP contribution in [-0.2, 0) is 14.3 Å². The van der Waals surface area contributed by atoms with E-state index in [0.29, 0.717) is 12.0 Å². The number of fused-ring (bicyclic) bond motifs is 2. The third kappa shape index (κ3) is 4.22. The lowest BCUT2D eigenvalue weighted by atomic mass is 9.63. The molecular weight excluding hydrogens is 500 g/mol. The minimum absolute atomic E-state index is 0.0622. The van der Waals surface area contributed by atoms with Gasteiger partial charge in [-0.3, -0.25) is 9.59 Å². The highest BCUT2D eigenvalue weighted by Gasteiger charge is 2.91. The normalized spacial score (nSPS) is 40.2. The maximum absolute atomic E-state index is 13.3. The van der Waals surface area contributed by atoms with Crippen LogP contribution in [0.15, 0.2) is 23.3 Å². The lowest BCUT2D eigenvalue weighted by Crippen LogP contribution is -2.49. The second-order valence-corrected chi connectivity index (χ2v) is 14.8. The first-order valence-electron chi connectivity index (χ1n) is 16.5. The summed E-state index contributed by atoms with van der Waals surface area (Å²) in [5.74, 6) is 0.115. The summed E-state index contributed by atoms with van der Waals surface area (Å²) >= 11 is 0. The highest BCUT2D eigenvalue weighted by atomic mass is 16.6. The predicted octanol–water partition coefficient (Wildman–Crippen LogP) is 7.24. The zero-order valence-electron chi connectivity index (χ0n) is 25.8. The Hall–Kier alpha value is -1.46. The van der Waals surface area contributed by atoms with Gasteiger partial charge in [0.1, 0.15) is 11.2 Å². The van der Waals surface area contributed by atoms with Crippen molar-refractivity contribution < 1.29 is 24.5 Å². The second kappa shape index (κ2) is 10.7. The molecule has 5 heteroatoms. The molecule has 5 aliphatic carbocycles. The Bertz CT molecular complexity index is 1070. The molecule has 7 atom stereocenters. The number of carbonyl (C=O) groups is 2. The number of aliphatic hydroxyl groups is 2. The summed E-state index contributed by atoms with van der Waals surface area (Å²) in [6.07, 6.45) is 20.3. The number of ether oxygens (including phenoxy) is 1. The first-order chi connectivity index (χ1) is 19.0. The van der Waals surface area contributed by atoms with Crippen LogP contribution in [0.1, 0.15) is 131 Å². The minimum atomic E-state index is -1.47. The van der Waals surface area contributed by atoms with Crippen LogP contribution in [-0.4, -0.2) is 39.8 Å². The van der Waals surface area contributed by atoms with Crippen molar-refractivity contribution >= 4 is 11.8 Å². The Kier molecular flexibility index (Phi) is 8.01. The van der Waals surface area contributed by atoms with Crippen LogP contribution in [0.2, 0.25) is 0 Å². The molecule has 5 rings (SSSR count). The SMILES string of the molecule is CCCCCCCCCCCCCC(=O)O[C@@]12C[C@@H](C)[C@]34CC35C=C(C)C(=O)[C@@]5(O)CC(CO)=C[C@H]4[C@H]1C2(C)C. The first-order valence-corrected chi connectivity index (χ1v) is 16.5. The standard InChI is InChI=1S/C35H54O5/c1-6-7-8-9-10-11-12-13-14-15-16-17-28(37)40-35-20-25(3)33-23-32(33)19-24(2)30(38)34(32,39)21-26(22-36)18-27(33)29(35)31(35,4)5/h18-19,25,27,29,36,39H,6-17,20-23H2,1-5H3/t25-,27+,29+,32?,33+,34+,35+/m1/s1. The summed E-state index contributed by atoms with van der Waals surface area (Å²) in [7, 11) is 0. The van der Waals surface area contributed by atoms with E-state index in [1.807, 2.05) is 6.92 Å². The Morgan fingerprint density at radius 3 is 2.23 bits per heavy atom. The molecule has 0 bridgehead atoms. The molecule has 5 aliphatic rings. The van der Waals surface area contributed by atoms with E-state index in [1.54, 1.807) is 0 Å². The molecular formula is C35H54O5. The molecule has 0 saturated heterocycles. The number of aliphatic hydroxyl groups excluding tert-OH is 1. The molecule has 0 amide bonds. The average molecular weight is 555 g/mol. The predicted molar refractivity (Wildman–Crippen MR) is 157 cm³/mol. The number of ketones is 1. The number of hydrogen-bond donors (Lipinski definition) is 2. The van der Waals surface area contributed by atoms with Crippen molar-refractivity contribution in [2.24, 2.45) is 34.0 Å². The monoisotopic (exact) mass is 554 g/mol. The van der Waals surface area contributed by atoms with Crippen molar-refractivity contribution in [1.82, 2.24) is 0 Å². The average Bonchev–Trinajstić information content (AvgIpc) is 3.70. The van der Waals surface area contributed by atoms with Gasteiger partial charge in [-0.15, -0.1) is 0 Å². The maximum atomic E-state index is 13.3. The van der Waals surface area contributed by atoms with Gasteiger partial charge in [0, 0.05) is 29.6 Å². The zero-order chi connectivity index (χ0) is 29.0. The zero-order valence-corrected chi connectivity index (χ0v) is 25.8. The van der Waals surface area contributed by atoms with Gasteiger partial charge in [-0.1, -0.05) is 104 Å². The molecule has 40 heavy (non-hydrogen) atoms. The molecule has 0 heterocycles. The van der Waals surface area contributed by atoms with Crippen LogP contribution in [0.3, 0.4) is 0 Å². The fraction of sp³-hybridized carbons (Fsp3) is 0.829. The third-order valence-electron chi connectivity index (χ3n) is 12.3. The fourth-order valence-electron chi connectivity index (χ4n) is 10.2. The quantitative estimate of drug-likeness (QED) is 0.134. The number of hydrogen-bond acceptors (Lipinski definition) is 5. The van der Waals surface area contributed by atoms with Crippen LogP contribution in [0, 0.1) is 34.0 Å². The Balaban J connectivity index is 1.20. The van der Waals surface area contributed by atoms with Crippen LogP contribution in [0.5, 0.6) is 0 Å². The summed E-state index contributed by atoms with van der Waals surface area (Å²) < 4.78 is 6.45. The van der Waals surface area contributed by atoms with Gasteiger partial charge in [-0.2, -0.15) is 0 Å². The minimum Gasteiger partial charge on any atom is -0.458 e. The van der Waals surface area contributed by atoms with Crippen molar-refractivity contribution in [3.8, 4) is 0 Å². The van der Waals surface area contributed by atoms with Gasteiger partial charge < -0.3 is 14.9 Å². The topological polar surface area (TPSA) is 83.8 Å². The van der Waals surface area contributed by atoms with Gasteiger partial charge in [0.15, 0.2) is 5.78 Å². The fourth-order valence-corrected chi connectivity index (χ4v) is 10.2. The lowest BCUT2D eigenvalue weighted by Gasteiger charge is -2.43. The molecule has 0 aromatic carbocycles. The van der Waals surface area contributed by atoms with Gasteiger partial charge in [0.2, 0.25) is 0 Å². The summed E-state index contributed by atoms with van der Waals surface area (Å²) in [4.78, 5) is 26.4. The summed E-state index contributed by atoms with van der Waals surface area (Å²) in [5.41, 5.74) is -1.60. The molecule has 5 nitrogen and oxygen atoms in total. The molecule has 3 saturated carbocycles. The second-order valence-electron chi connectivity index (χ2n) is 14.8. The first kappa shape index (κ1) is 30.0. The van der Waals surface area contributed by atoms with Gasteiger partial charge in [-0.05, 0) is 54.6 Å². The molecule has 224 valence electrons. The van der Waals surface area contributed by atoms with Crippen molar-refractivity contribution in [3.63, 3.8) is 0 Å². The van der Waals surface area contributed by atoms with Crippen LogP contribution in [0.4, 0.5) is 0 Å². The molecule has 2 N–H and O–H groups in total. The van der Waals surface area contributed by atoms with E-state index < -0.39 is 16.6 Å². The van der Waals surface area contributed by atoms with E-state index in [1.165, 1.54) is 57.8 Å². The number of rotatable bonds is 14. The number of Topliss-reactive ketones (excluding diaryl/α,β-unsaturated/α-hetero) is 1. The van der Waals surface area contributed by atoms with Crippen molar-refractivity contribution in [3.05, 3.63) is 23.3 Å². The molecule has 0 radical (unpaired) electrons. The molecule has 0 aromatic heterocycles. The summed E-state index contributed by atoms with van der Waals surface area (Å²) in [5, 5.41) is 22.2. The Morgan fingerprint density at radius 1 is 1.02 bits per heavy atom. The maximum Gasteiger partial charge on any atom is 0.306 e. The number of carbonyl (C=O) groups excluding carboxylic acids is 2. The van der Waals surface area contributed by atoms with Gasteiger partial charge >= 0.3 is 5.97 Å². The highest BCUT2D eigenvalue weighted by Crippen LogP contribution is 2.89. The van der Waals surface area contributed by atoms with Crippen LogP contribution >= 0.6 is 0 Å². The van der Waals surface area contributed by atoms with E-state index in [4.69, 9.17) is 4.74 Å². The lowest BCUT2D eigenvalue weighted by molar-refractivity contribution is -0.159. The number of unbranched alkanes of at least 4 members (excludes halogenated alkanes) is 10. The largest absolute Gasteiger partial charge is 0.458 e. The Morgan fingerprint density at radius 2 is 1.62 bits per heavy atom. The summed E-state index contributed by atoms with van der Waals surface area (Å²) in [6.45, 7) is 10.6. The smallest absolute Gasteiger partial charge is 0.306 e. The number of allylic oxidation sites excluding steroid dienone is 1. The summed E-state index contributed by atoms with van der Waals surface area (Å²) in [6, 6.07) is 0. The van der Waals surface area contributed by atoms with E-state index >= 15 is 0 Å². The van der Waals surface area contributed by atoms with Gasteiger partial charge in [0.05, 0.1) is 6.61 Å². The van der Waals surface area contributed by atoms with E-state index in [0.717, 1.165) is 31.3 Å². The highest BCUT2D eigenvalue weighted by molar-refractivity contribution is 6.06. The molecule has 0 aromatic rings. The van der Waals surface area contributed by atoms with Crippen molar-refractivity contribution in [2.45, 2.75) is 142 Å². The molecule has 0 aliphatic heterocycles. The van der Waals surface area contributed by atoms with Crippen molar-refractivity contribution in [1.29, 1.82) is 0 Å². The van der Waals surface area contributed by atoms with E-state index in [9.17, 15) is 19.8 Å². The van der Waals surface area contributed by atoms with Crippen LogP contribution < -0.4 is 0 Å².